The van der Waals surface area contributed by atoms with E-state index in [-0.39, 0.29) is 18.4 Å². The van der Waals surface area contributed by atoms with Crippen molar-refractivity contribution in [3.05, 3.63) is 24.3 Å². The predicted octanol–water partition coefficient (Wildman–Crippen LogP) is 10.8. The predicted molar refractivity (Wildman–Crippen MR) is 189 cm³/mol. The highest BCUT2D eigenvalue weighted by Gasteiger charge is 2.23. The van der Waals surface area contributed by atoms with E-state index < -0.39 is 12.7 Å². The summed E-state index contributed by atoms with van der Waals surface area (Å²) >= 11 is 0. The molecular weight excluding hydrogens is 546 g/mol. The first kappa shape index (κ1) is 42.5. The molecule has 0 radical (unpaired) electrons. The fourth-order valence-corrected chi connectivity index (χ4v) is 5.58. The van der Waals surface area contributed by atoms with Gasteiger partial charge in [-0.1, -0.05) is 141 Å². The average Bonchev–Trinajstić information content (AvgIpc) is 3.03. The summed E-state index contributed by atoms with van der Waals surface area (Å²) in [4.78, 5) is 26.9. The highest BCUT2D eigenvalue weighted by atomic mass is 16.3. The number of rotatable bonds is 33. The Morgan fingerprint density at radius 2 is 0.795 bits per heavy atom. The summed E-state index contributed by atoms with van der Waals surface area (Å²) < 4.78 is 0. The third-order valence-electron chi connectivity index (χ3n) is 8.51. The summed E-state index contributed by atoms with van der Waals surface area (Å²) in [5.74, 6) is -0.430. The van der Waals surface area contributed by atoms with Crippen LogP contribution in [0.2, 0.25) is 0 Å². The van der Waals surface area contributed by atoms with E-state index in [4.69, 9.17) is 0 Å². The van der Waals surface area contributed by atoms with Gasteiger partial charge in [-0.3, -0.25) is 14.5 Å². The minimum absolute atomic E-state index is 0.107. The molecule has 0 saturated heterocycles. The summed E-state index contributed by atoms with van der Waals surface area (Å²) in [6, 6.07) is 0. The minimum Gasteiger partial charge on any atom is -0.394 e. The minimum atomic E-state index is -1.08. The molecule has 0 aliphatic rings. The molecule has 258 valence electrons. The molecule has 2 amide bonds. The number of aliphatic hydroxyl groups excluding tert-OH is 2. The molecule has 2 N–H and O–H groups in total. The Balaban J connectivity index is 3.95. The quantitative estimate of drug-likeness (QED) is 0.0566. The SMILES string of the molecule is CCCCCCCC/C=C\CCCCCCCC(=O)N(CC(O)CO)C(=O)CCCCCCC/C=C\CCCCCCCC. The van der Waals surface area contributed by atoms with Crippen molar-refractivity contribution in [3.63, 3.8) is 0 Å². The van der Waals surface area contributed by atoms with Gasteiger partial charge in [-0.2, -0.15) is 0 Å². The topological polar surface area (TPSA) is 77.8 Å². The van der Waals surface area contributed by atoms with E-state index in [2.05, 4.69) is 38.2 Å². The van der Waals surface area contributed by atoms with Crippen LogP contribution < -0.4 is 0 Å². The van der Waals surface area contributed by atoms with Crippen molar-refractivity contribution in [1.29, 1.82) is 0 Å². The first-order valence-electron chi connectivity index (χ1n) is 19.0. The van der Waals surface area contributed by atoms with Gasteiger partial charge in [0.25, 0.3) is 0 Å². The smallest absolute Gasteiger partial charge is 0.229 e. The van der Waals surface area contributed by atoms with Gasteiger partial charge in [0.15, 0.2) is 0 Å². The Morgan fingerprint density at radius 1 is 0.500 bits per heavy atom. The third kappa shape index (κ3) is 29.3. The Bertz CT molecular complexity index is 638. The zero-order valence-corrected chi connectivity index (χ0v) is 29.3. The summed E-state index contributed by atoms with van der Waals surface area (Å²) in [6.07, 6.45) is 40.1. The van der Waals surface area contributed by atoms with Crippen molar-refractivity contribution in [2.75, 3.05) is 13.2 Å². The molecule has 0 aromatic rings. The van der Waals surface area contributed by atoms with Gasteiger partial charge in [0, 0.05) is 12.8 Å². The Kier molecular flexibility index (Phi) is 33.3. The molecule has 0 spiro atoms. The van der Waals surface area contributed by atoms with Crippen molar-refractivity contribution in [2.24, 2.45) is 0 Å². The summed E-state index contributed by atoms with van der Waals surface area (Å²) in [6.45, 7) is 3.96. The molecular formula is C39H73NO4. The first-order valence-corrected chi connectivity index (χ1v) is 19.0. The van der Waals surface area contributed by atoms with E-state index in [1.54, 1.807) is 0 Å². The standard InChI is InChI=1S/C39H73NO4/c1-3-5-7-9-11-13-15-17-19-21-23-25-27-29-31-33-38(43)40(35-37(42)36-41)39(44)34-32-30-28-26-24-22-20-18-16-14-12-10-8-6-4-2/h17-20,37,41-42H,3-16,21-36H2,1-2H3/b19-17-,20-18-. The lowest BCUT2D eigenvalue weighted by molar-refractivity contribution is -0.147. The Hall–Kier alpha value is -1.46. The second-order valence-electron chi connectivity index (χ2n) is 12.9. The molecule has 0 aliphatic carbocycles. The fraction of sp³-hybridized carbons (Fsp3) is 0.846. The Morgan fingerprint density at radius 3 is 1.11 bits per heavy atom. The van der Waals surface area contributed by atoms with Crippen LogP contribution in [0.3, 0.4) is 0 Å². The maximum Gasteiger partial charge on any atom is 0.229 e. The molecule has 1 unspecified atom stereocenters. The van der Waals surface area contributed by atoms with Gasteiger partial charge in [0.1, 0.15) is 0 Å². The maximum absolute atomic E-state index is 12.8. The van der Waals surface area contributed by atoms with Crippen molar-refractivity contribution >= 4 is 11.8 Å². The number of aliphatic hydroxyl groups is 2. The van der Waals surface area contributed by atoms with Gasteiger partial charge in [-0.05, 0) is 64.2 Å². The molecule has 0 bridgehead atoms. The number of imide groups is 1. The van der Waals surface area contributed by atoms with Gasteiger partial charge in [-0.25, -0.2) is 0 Å². The van der Waals surface area contributed by atoms with Crippen molar-refractivity contribution in [2.45, 2.75) is 200 Å². The average molecular weight is 620 g/mol. The van der Waals surface area contributed by atoms with Crippen LogP contribution in [-0.4, -0.2) is 46.2 Å². The van der Waals surface area contributed by atoms with Crippen LogP contribution in [0, 0.1) is 0 Å². The van der Waals surface area contributed by atoms with Gasteiger partial charge in [-0.15, -0.1) is 0 Å². The normalized spacial score (nSPS) is 12.5. The molecule has 0 heterocycles. The molecule has 0 rings (SSSR count). The highest BCUT2D eigenvalue weighted by Crippen LogP contribution is 2.14. The molecule has 5 nitrogen and oxygen atoms in total. The third-order valence-corrected chi connectivity index (χ3v) is 8.51. The van der Waals surface area contributed by atoms with Crippen LogP contribution in [-0.2, 0) is 9.59 Å². The maximum atomic E-state index is 12.8. The van der Waals surface area contributed by atoms with Crippen LogP contribution in [0.4, 0.5) is 0 Å². The molecule has 0 aliphatic heterocycles. The van der Waals surface area contributed by atoms with Gasteiger partial charge in [0.2, 0.25) is 11.8 Å². The monoisotopic (exact) mass is 620 g/mol. The second kappa shape index (κ2) is 34.4. The lowest BCUT2D eigenvalue weighted by Gasteiger charge is -2.23. The molecule has 5 heteroatoms. The zero-order valence-electron chi connectivity index (χ0n) is 29.3. The van der Waals surface area contributed by atoms with Crippen molar-refractivity contribution < 1.29 is 19.8 Å². The van der Waals surface area contributed by atoms with Gasteiger partial charge in [0.05, 0.1) is 19.3 Å². The van der Waals surface area contributed by atoms with E-state index in [0.29, 0.717) is 12.8 Å². The number of carbonyl (C=O) groups excluding carboxylic acids is 2. The lowest BCUT2D eigenvalue weighted by Crippen LogP contribution is -2.42. The highest BCUT2D eigenvalue weighted by molar-refractivity contribution is 5.95. The number of allylic oxidation sites excluding steroid dienone is 4. The van der Waals surface area contributed by atoms with E-state index in [9.17, 15) is 19.8 Å². The van der Waals surface area contributed by atoms with E-state index in [1.807, 2.05) is 0 Å². The molecule has 1 atom stereocenters. The first-order chi connectivity index (χ1) is 21.6. The molecule has 0 saturated carbocycles. The van der Waals surface area contributed by atoms with Crippen LogP contribution >= 0.6 is 0 Å². The van der Waals surface area contributed by atoms with Crippen LogP contribution in [0.25, 0.3) is 0 Å². The van der Waals surface area contributed by atoms with Crippen LogP contribution in [0.5, 0.6) is 0 Å². The summed E-state index contributed by atoms with van der Waals surface area (Å²) in [5.41, 5.74) is 0. The van der Waals surface area contributed by atoms with Crippen LogP contribution in [0.1, 0.15) is 194 Å². The second-order valence-corrected chi connectivity index (χ2v) is 12.9. The van der Waals surface area contributed by atoms with Gasteiger partial charge >= 0.3 is 0 Å². The molecule has 0 aromatic carbocycles. The van der Waals surface area contributed by atoms with E-state index in [1.165, 1.54) is 108 Å². The summed E-state index contributed by atoms with van der Waals surface area (Å²) in [5, 5.41) is 19.2. The zero-order chi connectivity index (χ0) is 32.4. The largest absolute Gasteiger partial charge is 0.394 e. The number of unbranched alkanes of at least 4 members (excludes halogenated alkanes) is 22. The number of nitrogens with zero attached hydrogens (tertiary/aromatic N) is 1. The van der Waals surface area contributed by atoms with E-state index >= 15 is 0 Å². The fourth-order valence-electron chi connectivity index (χ4n) is 5.58. The molecule has 44 heavy (non-hydrogen) atoms. The number of carbonyl (C=O) groups is 2. The summed E-state index contributed by atoms with van der Waals surface area (Å²) in [7, 11) is 0. The molecule has 0 fully saturated rings. The lowest BCUT2D eigenvalue weighted by atomic mass is 10.1. The van der Waals surface area contributed by atoms with E-state index in [0.717, 1.165) is 64.2 Å². The Labute approximate surface area is 273 Å². The number of hydrogen-bond donors (Lipinski definition) is 2. The van der Waals surface area contributed by atoms with Gasteiger partial charge < -0.3 is 10.2 Å². The van der Waals surface area contributed by atoms with Crippen molar-refractivity contribution in [3.8, 4) is 0 Å². The van der Waals surface area contributed by atoms with Crippen molar-refractivity contribution in [1.82, 2.24) is 4.90 Å². The van der Waals surface area contributed by atoms with Crippen LogP contribution in [0.15, 0.2) is 24.3 Å². The number of amides is 2. The molecule has 0 aromatic heterocycles. The number of hydrogen-bond acceptors (Lipinski definition) is 4.